The summed E-state index contributed by atoms with van der Waals surface area (Å²) in [6.07, 6.45) is 1.74. The molecular formula is C12H17NO4S2. The lowest BCUT2D eigenvalue weighted by Crippen LogP contribution is -2.35. The van der Waals surface area contributed by atoms with E-state index in [1.807, 2.05) is 11.6 Å². The molecule has 0 aliphatic heterocycles. The molecule has 1 aromatic rings. The quantitative estimate of drug-likeness (QED) is 0.865. The second kappa shape index (κ2) is 6.81. The fourth-order valence-electron chi connectivity index (χ4n) is 1.26. The summed E-state index contributed by atoms with van der Waals surface area (Å²) in [5, 5.41) is -0.419. The number of ether oxygens (including phenoxy) is 1. The van der Waals surface area contributed by atoms with Gasteiger partial charge in [0.1, 0.15) is 5.75 Å². The monoisotopic (exact) mass is 303 g/mol. The molecule has 0 aliphatic carbocycles. The molecule has 0 radical (unpaired) electrons. The lowest BCUT2D eigenvalue weighted by molar-refractivity contribution is -0.118. The Morgan fingerprint density at radius 3 is 2.42 bits per heavy atom. The van der Waals surface area contributed by atoms with Gasteiger partial charge in [-0.05, 0) is 44.4 Å². The van der Waals surface area contributed by atoms with Crippen LogP contribution in [0.2, 0.25) is 0 Å². The summed E-state index contributed by atoms with van der Waals surface area (Å²) in [6.45, 7) is 4.00. The van der Waals surface area contributed by atoms with Crippen molar-refractivity contribution in [3.05, 3.63) is 24.3 Å². The molecule has 7 heteroatoms. The van der Waals surface area contributed by atoms with Crippen LogP contribution in [0, 0.1) is 0 Å². The van der Waals surface area contributed by atoms with Gasteiger partial charge >= 0.3 is 0 Å². The van der Waals surface area contributed by atoms with E-state index in [1.54, 1.807) is 25.3 Å². The second-order valence-electron chi connectivity index (χ2n) is 3.75. The molecule has 0 bridgehead atoms. The van der Waals surface area contributed by atoms with Gasteiger partial charge in [-0.15, -0.1) is 0 Å². The predicted molar refractivity (Wildman–Crippen MR) is 75.9 cm³/mol. The van der Waals surface area contributed by atoms with E-state index in [0.29, 0.717) is 12.4 Å². The molecular weight excluding hydrogens is 286 g/mol. The molecule has 1 rings (SSSR count). The van der Waals surface area contributed by atoms with Gasteiger partial charge in [0.25, 0.3) is 10.0 Å². The summed E-state index contributed by atoms with van der Waals surface area (Å²) < 4.78 is 31.2. The van der Waals surface area contributed by atoms with Crippen LogP contribution in [-0.4, -0.2) is 32.4 Å². The van der Waals surface area contributed by atoms with Crippen molar-refractivity contribution in [2.75, 3.05) is 12.9 Å². The molecule has 5 nitrogen and oxygen atoms in total. The number of carbonyl (C=O) groups excluding carboxylic acids is 1. The van der Waals surface area contributed by atoms with Gasteiger partial charge in [0, 0.05) is 0 Å². The van der Waals surface area contributed by atoms with Crippen molar-refractivity contribution in [2.24, 2.45) is 0 Å². The molecule has 1 aromatic carbocycles. The van der Waals surface area contributed by atoms with Crippen LogP contribution >= 0.6 is 11.8 Å². The van der Waals surface area contributed by atoms with Gasteiger partial charge in [0.2, 0.25) is 5.91 Å². The average Bonchev–Trinajstić information content (AvgIpc) is 2.38. The molecule has 0 heterocycles. The molecule has 0 unspecified atom stereocenters. The van der Waals surface area contributed by atoms with Crippen LogP contribution in [0.5, 0.6) is 5.75 Å². The van der Waals surface area contributed by atoms with E-state index in [1.165, 1.54) is 23.9 Å². The number of benzene rings is 1. The topological polar surface area (TPSA) is 72.5 Å². The van der Waals surface area contributed by atoms with Crippen LogP contribution in [0.25, 0.3) is 0 Å². The highest BCUT2D eigenvalue weighted by Crippen LogP contribution is 2.16. The number of nitrogens with one attached hydrogen (secondary N) is 1. The first-order chi connectivity index (χ1) is 8.90. The Morgan fingerprint density at radius 1 is 1.37 bits per heavy atom. The zero-order chi connectivity index (χ0) is 14.5. The molecule has 0 fully saturated rings. The normalized spacial score (nSPS) is 12.8. The van der Waals surface area contributed by atoms with Gasteiger partial charge in [-0.2, -0.15) is 11.8 Å². The minimum absolute atomic E-state index is 0.0395. The Kier molecular flexibility index (Phi) is 5.68. The van der Waals surface area contributed by atoms with Crippen molar-refractivity contribution < 1.29 is 17.9 Å². The number of hydrogen-bond acceptors (Lipinski definition) is 5. The first kappa shape index (κ1) is 15.8. The Labute approximate surface area is 117 Å². The summed E-state index contributed by atoms with van der Waals surface area (Å²) in [4.78, 5) is 11.6. The highest BCUT2D eigenvalue weighted by molar-refractivity contribution is 8.00. The van der Waals surface area contributed by atoms with Crippen LogP contribution in [-0.2, 0) is 14.8 Å². The fourth-order valence-corrected chi connectivity index (χ4v) is 2.66. The maximum atomic E-state index is 12.0. The Balaban J connectivity index is 2.85. The summed E-state index contributed by atoms with van der Waals surface area (Å²) in [5.41, 5.74) is 0. The van der Waals surface area contributed by atoms with E-state index in [2.05, 4.69) is 0 Å². The maximum absolute atomic E-state index is 12.0. The SMILES string of the molecule is CCOc1ccc(S(=O)(=O)NC(=O)[C@H](C)SC)cc1. The molecule has 106 valence electrons. The minimum Gasteiger partial charge on any atom is -0.494 e. The largest absolute Gasteiger partial charge is 0.494 e. The van der Waals surface area contributed by atoms with E-state index < -0.39 is 21.2 Å². The van der Waals surface area contributed by atoms with Crippen LogP contribution in [0.4, 0.5) is 0 Å². The van der Waals surface area contributed by atoms with Crippen molar-refractivity contribution in [1.29, 1.82) is 0 Å². The average molecular weight is 303 g/mol. The first-order valence-electron chi connectivity index (χ1n) is 5.73. The Morgan fingerprint density at radius 2 is 1.95 bits per heavy atom. The third kappa shape index (κ3) is 4.43. The second-order valence-corrected chi connectivity index (χ2v) is 6.61. The van der Waals surface area contributed by atoms with Gasteiger partial charge in [0.15, 0.2) is 0 Å². The molecule has 0 aliphatic rings. The molecule has 1 N–H and O–H groups in total. The van der Waals surface area contributed by atoms with Gasteiger partial charge < -0.3 is 4.74 Å². The zero-order valence-electron chi connectivity index (χ0n) is 11.0. The van der Waals surface area contributed by atoms with Crippen LogP contribution in [0.15, 0.2) is 29.2 Å². The standard InChI is InChI=1S/C12H17NO4S2/c1-4-17-10-5-7-11(8-6-10)19(15,16)13-12(14)9(2)18-3/h5-9H,4H2,1-3H3,(H,13,14)/t9-/m0/s1. The summed E-state index contributed by atoms with van der Waals surface area (Å²) in [5.74, 6) is 0.0617. The molecule has 0 aromatic heterocycles. The Hall–Kier alpha value is -1.21. The zero-order valence-corrected chi connectivity index (χ0v) is 12.7. The number of rotatable bonds is 6. The molecule has 0 saturated carbocycles. The van der Waals surface area contributed by atoms with E-state index >= 15 is 0 Å². The van der Waals surface area contributed by atoms with Crippen LogP contribution in [0.1, 0.15) is 13.8 Å². The third-order valence-corrected chi connectivity index (χ3v) is 4.69. The van der Waals surface area contributed by atoms with E-state index in [0.717, 1.165) is 0 Å². The van der Waals surface area contributed by atoms with Crippen LogP contribution in [0.3, 0.4) is 0 Å². The van der Waals surface area contributed by atoms with Gasteiger partial charge in [0.05, 0.1) is 16.8 Å². The van der Waals surface area contributed by atoms with Crippen LogP contribution < -0.4 is 9.46 Å². The maximum Gasteiger partial charge on any atom is 0.264 e. The summed E-state index contributed by atoms with van der Waals surface area (Å²) >= 11 is 1.28. The number of carbonyl (C=O) groups is 1. The van der Waals surface area contributed by atoms with Crippen molar-refractivity contribution >= 4 is 27.7 Å². The predicted octanol–water partition coefficient (Wildman–Crippen LogP) is 1.64. The molecule has 0 saturated heterocycles. The number of hydrogen-bond donors (Lipinski definition) is 1. The van der Waals surface area contributed by atoms with Gasteiger partial charge in [-0.25, -0.2) is 13.1 Å². The molecule has 0 spiro atoms. The highest BCUT2D eigenvalue weighted by atomic mass is 32.2. The fraction of sp³-hybridized carbons (Fsp3) is 0.417. The smallest absolute Gasteiger partial charge is 0.264 e. The number of thioether (sulfide) groups is 1. The summed E-state index contributed by atoms with van der Waals surface area (Å²) in [7, 11) is -3.81. The Bertz CT molecular complexity index is 525. The van der Waals surface area contributed by atoms with Crippen molar-refractivity contribution in [1.82, 2.24) is 4.72 Å². The lowest BCUT2D eigenvalue weighted by Gasteiger charge is -2.11. The first-order valence-corrected chi connectivity index (χ1v) is 8.50. The van der Waals surface area contributed by atoms with Crippen molar-refractivity contribution in [3.8, 4) is 5.75 Å². The van der Waals surface area contributed by atoms with Crippen molar-refractivity contribution in [2.45, 2.75) is 24.0 Å². The number of sulfonamides is 1. The lowest BCUT2D eigenvalue weighted by atomic mass is 10.3. The highest BCUT2D eigenvalue weighted by Gasteiger charge is 2.21. The molecule has 1 atom stereocenters. The van der Waals surface area contributed by atoms with Gasteiger partial charge in [-0.3, -0.25) is 4.79 Å². The molecule has 1 amide bonds. The van der Waals surface area contributed by atoms with Gasteiger partial charge in [-0.1, -0.05) is 0 Å². The number of amides is 1. The van der Waals surface area contributed by atoms with E-state index in [-0.39, 0.29) is 4.90 Å². The van der Waals surface area contributed by atoms with E-state index in [4.69, 9.17) is 4.74 Å². The third-order valence-electron chi connectivity index (χ3n) is 2.40. The molecule has 19 heavy (non-hydrogen) atoms. The van der Waals surface area contributed by atoms with E-state index in [9.17, 15) is 13.2 Å². The van der Waals surface area contributed by atoms with Crippen molar-refractivity contribution in [3.63, 3.8) is 0 Å². The summed E-state index contributed by atoms with van der Waals surface area (Å²) in [6, 6.07) is 5.93. The minimum atomic E-state index is -3.81.